The number of aromatic hydroxyl groups is 1. The summed E-state index contributed by atoms with van der Waals surface area (Å²) in [5.74, 6) is -1.49. The van der Waals surface area contributed by atoms with Crippen LogP contribution in [0.5, 0.6) is 11.5 Å². The van der Waals surface area contributed by atoms with Gasteiger partial charge in [-0.25, -0.2) is 4.98 Å². The maximum Gasteiger partial charge on any atom is 0.573 e. The number of para-hydroxylation sites is 1. The molecule has 12 heteroatoms. The van der Waals surface area contributed by atoms with Gasteiger partial charge in [-0.05, 0) is 36.8 Å². The Kier molecular flexibility index (Phi) is 6.83. The fourth-order valence-corrected chi connectivity index (χ4v) is 4.04. The molecule has 0 aliphatic rings. The number of carbonyl (C=O) groups excluding carboxylic acids is 1. The minimum atomic E-state index is -4.91. The maximum absolute atomic E-state index is 13.4. The van der Waals surface area contributed by atoms with Gasteiger partial charge in [-0.2, -0.15) is 0 Å². The average molecular weight is 538 g/mol. The van der Waals surface area contributed by atoms with Crippen molar-refractivity contribution < 1.29 is 27.8 Å². The molecule has 0 bridgehead atoms. The predicted octanol–water partition coefficient (Wildman–Crippen LogP) is 5.92. The number of anilines is 1. The van der Waals surface area contributed by atoms with Gasteiger partial charge < -0.3 is 15.2 Å². The van der Waals surface area contributed by atoms with Gasteiger partial charge in [0.15, 0.2) is 5.75 Å². The Hall–Kier alpha value is -3.76. The van der Waals surface area contributed by atoms with Gasteiger partial charge in [0.05, 0.1) is 39.5 Å². The van der Waals surface area contributed by atoms with Crippen molar-refractivity contribution >= 4 is 45.7 Å². The van der Waals surface area contributed by atoms with Crippen LogP contribution in [0.4, 0.5) is 18.9 Å². The van der Waals surface area contributed by atoms with Crippen molar-refractivity contribution in [3.63, 3.8) is 0 Å². The second kappa shape index (κ2) is 9.71. The number of ether oxygens (including phenoxy) is 1. The zero-order valence-electron chi connectivity index (χ0n) is 18.4. The number of amides is 1. The van der Waals surface area contributed by atoms with E-state index in [-0.39, 0.29) is 44.5 Å². The number of halogens is 5. The standard InChI is InChI=1S/C24H16Cl2F3N3O4/c1-12-6-7-17(31-22(34)14-8-15(25)21(33)16(26)9-14)19-20(12)30-11-32(23(19)35)10-13-4-2-3-5-18(13)36-24(27,28)29/h2-9,11,33H,10H2,1H3,(H,31,34). The van der Waals surface area contributed by atoms with Gasteiger partial charge in [-0.15, -0.1) is 13.2 Å². The van der Waals surface area contributed by atoms with Crippen molar-refractivity contribution in [3.05, 3.63) is 91.9 Å². The monoisotopic (exact) mass is 537 g/mol. The number of fused-ring (bicyclic) bond motifs is 1. The Morgan fingerprint density at radius 2 is 1.81 bits per heavy atom. The van der Waals surface area contributed by atoms with E-state index < -0.39 is 23.6 Å². The zero-order chi connectivity index (χ0) is 26.2. The van der Waals surface area contributed by atoms with E-state index in [9.17, 15) is 27.9 Å². The molecular formula is C24H16Cl2F3N3O4. The summed E-state index contributed by atoms with van der Waals surface area (Å²) in [6.07, 6.45) is -3.69. The lowest BCUT2D eigenvalue weighted by Crippen LogP contribution is -2.24. The number of aryl methyl sites for hydroxylation is 1. The quantitative estimate of drug-likeness (QED) is 0.329. The van der Waals surface area contributed by atoms with Gasteiger partial charge in [0.1, 0.15) is 5.75 Å². The van der Waals surface area contributed by atoms with Crippen LogP contribution >= 0.6 is 23.2 Å². The van der Waals surface area contributed by atoms with E-state index in [1.165, 1.54) is 42.7 Å². The largest absolute Gasteiger partial charge is 0.573 e. The predicted molar refractivity (Wildman–Crippen MR) is 129 cm³/mol. The highest BCUT2D eigenvalue weighted by atomic mass is 35.5. The van der Waals surface area contributed by atoms with E-state index in [0.29, 0.717) is 11.1 Å². The molecule has 36 heavy (non-hydrogen) atoms. The number of nitrogens with zero attached hydrogens (tertiary/aromatic N) is 2. The second-order valence-corrected chi connectivity index (χ2v) is 8.54. The number of phenolic OH excluding ortho intramolecular Hbond substituents is 1. The number of carbonyl (C=O) groups is 1. The average Bonchev–Trinajstić information content (AvgIpc) is 2.80. The first-order valence-corrected chi connectivity index (χ1v) is 11.0. The Bertz CT molecular complexity index is 1530. The second-order valence-electron chi connectivity index (χ2n) is 7.73. The normalized spacial score (nSPS) is 11.5. The van der Waals surface area contributed by atoms with Crippen LogP contribution in [0.25, 0.3) is 10.9 Å². The third-order valence-corrected chi connectivity index (χ3v) is 5.82. The van der Waals surface area contributed by atoms with Crippen LogP contribution in [0.3, 0.4) is 0 Å². The van der Waals surface area contributed by atoms with Crippen molar-refractivity contribution in [3.8, 4) is 11.5 Å². The lowest BCUT2D eigenvalue weighted by atomic mass is 10.1. The molecule has 4 rings (SSSR count). The molecule has 2 N–H and O–H groups in total. The molecule has 1 aromatic heterocycles. The molecule has 0 fully saturated rings. The van der Waals surface area contributed by atoms with E-state index in [2.05, 4.69) is 15.0 Å². The van der Waals surface area contributed by atoms with Crippen molar-refractivity contribution in [2.45, 2.75) is 19.8 Å². The number of hydrogen-bond acceptors (Lipinski definition) is 5. The van der Waals surface area contributed by atoms with Crippen molar-refractivity contribution in [2.24, 2.45) is 0 Å². The van der Waals surface area contributed by atoms with Gasteiger partial charge in [-0.3, -0.25) is 14.2 Å². The molecule has 7 nitrogen and oxygen atoms in total. The summed E-state index contributed by atoms with van der Waals surface area (Å²) in [5.41, 5.74) is 0.596. The summed E-state index contributed by atoms with van der Waals surface area (Å²) < 4.78 is 43.6. The van der Waals surface area contributed by atoms with Gasteiger partial charge in [0, 0.05) is 11.1 Å². The molecule has 0 radical (unpaired) electrons. The molecular weight excluding hydrogens is 522 g/mol. The van der Waals surface area contributed by atoms with E-state index in [1.54, 1.807) is 13.0 Å². The number of benzene rings is 3. The minimum absolute atomic E-state index is 0.0268. The molecule has 3 aromatic carbocycles. The highest BCUT2D eigenvalue weighted by Crippen LogP contribution is 2.33. The van der Waals surface area contributed by atoms with Crippen LogP contribution in [0, 0.1) is 6.92 Å². The summed E-state index contributed by atoms with van der Waals surface area (Å²) >= 11 is 11.8. The van der Waals surface area contributed by atoms with Gasteiger partial charge in [0.2, 0.25) is 0 Å². The summed E-state index contributed by atoms with van der Waals surface area (Å²) in [6.45, 7) is 1.45. The molecule has 0 unspecified atom stereocenters. The maximum atomic E-state index is 13.4. The van der Waals surface area contributed by atoms with Gasteiger partial charge >= 0.3 is 6.36 Å². The van der Waals surface area contributed by atoms with Crippen molar-refractivity contribution in [1.29, 1.82) is 0 Å². The Morgan fingerprint density at radius 1 is 1.14 bits per heavy atom. The van der Waals surface area contributed by atoms with Crippen molar-refractivity contribution in [2.75, 3.05) is 5.32 Å². The van der Waals surface area contributed by atoms with Crippen LogP contribution in [0.15, 0.2) is 59.7 Å². The number of aromatic nitrogens is 2. The topological polar surface area (TPSA) is 93.5 Å². The number of nitrogens with one attached hydrogen (secondary N) is 1. The molecule has 1 amide bonds. The lowest BCUT2D eigenvalue weighted by molar-refractivity contribution is -0.274. The number of rotatable bonds is 5. The molecule has 0 aliphatic heterocycles. The van der Waals surface area contributed by atoms with Gasteiger partial charge in [0.25, 0.3) is 11.5 Å². The van der Waals surface area contributed by atoms with Crippen molar-refractivity contribution in [1.82, 2.24) is 9.55 Å². The van der Waals surface area contributed by atoms with Crippen LogP contribution in [-0.2, 0) is 6.54 Å². The number of alkyl halides is 3. The highest BCUT2D eigenvalue weighted by molar-refractivity contribution is 6.37. The first-order chi connectivity index (χ1) is 16.9. The van der Waals surface area contributed by atoms with E-state index >= 15 is 0 Å². The summed E-state index contributed by atoms with van der Waals surface area (Å²) in [5, 5.41) is 12.1. The first kappa shape index (κ1) is 25.3. The van der Waals surface area contributed by atoms with Crippen LogP contribution in [0.2, 0.25) is 10.0 Å². The molecule has 0 saturated carbocycles. The third kappa shape index (κ3) is 5.24. The third-order valence-electron chi connectivity index (χ3n) is 5.25. The number of hydrogen-bond donors (Lipinski definition) is 2. The van der Waals surface area contributed by atoms with E-state index in [0.717, 1.165) is 10.6 Å². The van der Waals surface area contributed by atoms with E-state index in [1.807, 2.05) is 0 Å². The Labute approximate surface area is 211 Å². The fourth-order valence-electron chi connectivity index (χ4n) is 3.55. The Morgan fingerprint density at radius 3 is 2.47 bits per heavy atom. The molecule has 1 heterocycles. The summed E-state index contributed by atoms with van der Waals surface area (Å²) in [6, 6.07) is 11.0. The molecule has 0 spiro atoms. The SMILES string of the molecule is Cc1ccc(NC(=O)c2cc(Cl)c(O)c(Cl)c2)c2c(=O)n(Cc3ccccc3OC(F)(F)F)cnc12. The van der Waals surface area contributed by atoms with Crippen LogP contribution < -0.4 is 15.6 Å². The molecule has 0 atom stereocenters. The highest BCUT2D eigenvalue weighted by Gasteiger charge is 2.32. The van der Waals surface area contributed by atoms with Crippen LogP contribution in [-0.4, -0.2) is 26.9 Å². The number of phenols is 1. The molecule has 0 aliphatic carbocycles. The van der Waals surface area contributed by atoms with Crippen LogP contribution in [0.1, 0.15) is 21.5 Å². The smallest absolute Gasteiger partial charge is 0.505 e. The summed E-state index contributed by atoms with van der Waals surface area (Å²) in [4.78, 5) is 30.6. The lowest BCUT2D eigenvalue weighted by Gasteiger charge is -2.15. The molecule has 4 aromatic rings. The van der Waals surface area contributed by atoms with E-state index in [4.69, 9.17) is 23.2 Å². The molecule has 0 saturated heterocycles. The fraction of sp³-hybridized carbons (Fsp3) is 0.125. The first-order valence-electron chi connectivity index (χ1n) is 10.3. The minimum Gasteiger partial charge on any atom is -0.505 e. The Balaban J connectivity index is 1.75. The van der Waals surface area contributed by atoms with Gasteiger partial charge in [-0.1, -0.05) is 47.5 Å². The summed E-state index contributed by atoms with van der Waals surface area (Å²) in [7, 11) is 0. The molecule has 186 valence electrons. The zero-order valence-corrected chi connectivity index (χ0v) is 19.9.